The zero-order valence-corrected chi connectivity index (χ0v) is 39.5. The summed E-state index contributed by atoms with van der Waals surface area (Å²) in [6.07, 6.45) is 0. The molecule has 342 valence electrons. The number of fused-ring (bicyclic) bond motifs is 6. The van der Waals surface area contributed by atoms with Gasteiger partial charge >= 0.3 is 0 Å². The maximum atomic E-state index is 5.41. The van der Waals surface area contributed by atoms with Crippen molar-refractivity contribution in [2.75, 3.05) is 0 Å². The van der Waals surface area contributed by atoms with Crippen molar-refractivity contribution in [2.24, 2.45) is 0 Å². The molecule has 14 rings (SSSR count). The highest BCUT2D eigenvalue weighted by atomic mass is 15.3. The Labute approximate surface area is 421 Å². The van der Waals surface area contributed by atoms with Crippen molar-refractivity contribution in [1.82, 2.24) is 33.9 Å². The van der Waals surface area contributed by atoms with Crippen molar-refractivity contribution in [3.8, 4) is 84.9 Å². The number of pyridine rings is 2. The van der Waals surface area contributed by atoms with Crippen molar-refractivity contribution in [2.45, 2.75) is 0 Å². The summed E-state index contributed by atoms with van der Waals surface area (Å²) < 4.78 is 6.80. The summed E-state index contributed by atoms with van der Waals surface area (Å²) in [5, 5.41) is 14.6. The Hall–Kier alpha value is -9.98. The van der Waals surface area contributed by atoms with Crippen LogP contribution in [0.5, 0.6) is 0 Å². The summed E-state index contributed by atoms with van der Waals surface area (Å²) in [6, 6.07) is 91.5. The predicted octanol–water partition coefficient (Wildman–Crippen LogP) is 16.3. The molecule has 0 aliphatic rings. The quantitative estimate of drug-likeness (QED) is 0.145. The lowest BCUT2D eigenvalue weighted by atomic mass is 10.0. The standard InChI is InChI=1S/C66H43N7/c1-6-21-44(22-7-1)49-40-56(46-25-10-3-11-26-46)67-62(42-49)72-58-34-18-16-31-52(58)55-39-48(37-38-60(55)72)65-69-70-66(71(65)51-29-14-5-15-30-51)54-33-20-36-61-64(54)53-32-17-19-35-59(53)73(61)63-43-50(45-23-8-2-9-24-45)41-57(68-63)47-27-12-4-13-28-47/h1-43H. The van der Waals surface area contributed by atoms with E-state index in [1.54, 1.807) is 0 Å². The van der Waals surface area contributed by atoms with Gasteiger partial charge in [0.1, 0.15) is 11.6 Å². The first kappa shape index (κ1) is 41.9. The fourth-order valence-corrected chi connectivity index (χ4v) is 10.6. The van der Waals surface area contributed by atoms with Gasteiger partial charge in [0.15, 0.2) is 11.6 Å². The second-order valence-corrected chi connectivity index (χ2v) is 18.3. The highest BCUT2D eigenvalue weighted by Gasteiger charge is 2.25. The van der Waals surface area contributed by atoms with E-state index >= 15 is 0 Å². The smallest absolute Gasteiger partial charge is 0.169 e. The van der Waals surface area contributed by atoms with E-state index in [0.717, 1.165) is 128 Å². The van der Waals surface area contributed by atoms with Gasteiger partial charge in [-0.2, -0.15) is 0 Å². The van der Waals surface area contributed by atoms with E-state index in [1.807, 2.05) is 18.2 Å². The maximum absolute atomic E-state index is 5.41. The lowest BCUT2D eigenvalue weighted by molar-refractivity contribution is 1.07. The fraction of sp³-hybridized carbons (Fsp3) is 0. The zero-order chi connectivity index (χ0) is 48.2. The fourth-order valence-electron chi connectivity index (χ4n) is 10.6. The first-order chi connectivity index (χ1) is 36.2. The predicted molar refractivity (Wildman–Crippen MR) is 298 cm³/mol. The molecule has 0 spiro atoms. The minimum Gasteiger partial charge on any atom is -0.294 e. The molecule has 5 aromatic heterocycles. The number of benzene rings is 9. The largest absolute Gasteiger partial charge is 0.294 e. The molecule has 7 nitrogen and oxygen atoms in total. The van der Waals surface area contributed by atoms with E-state index in [-0.39, 0.29) is 0 Å². The number of hydrogen-bond acceptors (Lipinski definition) is 4. The highest BCUT2D eigenvalue weighted by Crippen LogP contribution is 2.42. The summed E-state index contributed by atoms with van der Waals surface area (Å²) in [7, 11) is 0. The molecule has 0 atom stereocenters. The molecule has 0 aliphatic heterocycles. The first-order valence-corrected chi connectivity index (χ1v) is 24.6. The van der Waals surface area contributed by atoms with Gasteiger partial charge in [-0.3, -0.25) is 13.7 Å². The van der Waals surface area contributed by atoms with Crippen molar-refractivity contribution in [3.05, 3.63) is 261 Å². The van der Waals surface area contributed by atoms with Crippen LogP contribution in [-0.2, 0) is 0 Å². The molecular formula is C66H43N7. The van der Waals surface area contributed by atoms with Crippen molar-refractivity contribution in [1.29, 1.82) is 0 Å². The molecule has 0 unspecified atom stereocenters. The third-order valence-corrected chi connectivity index (χ3v) is 14.0. The maximum Gasteiger partial charge on any atom is 0.169 e. The summed E-state index contributed by atoms with van der Waals surface area (Å²) >= 11 is 0. The van der Waals surface area contributed by atoms with E-state index in [4.69, 9.17) is 20.2 Å². The Morgan fingerprint density at radius 3 is 1.30 bits per heavy atom. The molecule has 0 aliphatic carbocycles. The van der Waals surface area contributed by atoms with Gasteiger partial charge in [0, 0.05) is 49.5 Å². The minimum absolute atomic E-state index is 0.737. The molecule has 73 heavy (non-hydrogen) atoms. The third kappa shape index (κ3) is 7.21. The molecule has 9 aromatic carbocycles. The molecule has 5 heterocycles. The number of rotatable bonds is 9. The highest BCUT2D eigenvalue weighted by molar-refractivity contribution is 6.15. The van der Waals surface area contributed by atoms with E-state index < -0.39 is 0 Å². The Morgan fingerprint density at radius 2 is 0.712 bits per heavy atom. The van der Waals surface area contributed by atoms with E-state index in [0.29, 0.717) is 0 Å². The molecule has 0 N–H and O–H groups in total. The first-order valence-electron chi connectivity index (χ1n) is 24.6. The molecule has 0 bridgehead atoms. The molecule has 7 heteroatoms. The van der Waals surface area contributed by atoms with Crippen LogP contribution in [0.1, 0.15) is 0 Å². The molecule has 0 fully saturated rings. The lowest BCUT2D eigenvalue weighted by Crippen LogP contribution is -2.02. The van der Waals surface area contributed by atoms with Crippen LogP contribution in [0.4, 0.5) is 0 Å². The van der Waals surface area contributed by atoms with Crippen LogP contribution in [0.3, 0.4) is 0 Å². The Balaban J connectivity index is 0.964. The molecule has 0 radical (unpaired) electrons. The van der Waals surface area contributed by atoms with Gasteiger partial charge in [-0.25, -0.2) is 9.97 Å². The van der Waals surface area contributed by atoms with Crippen LogP contribution in [0.15, 0.2) is 261 Å². The monoisotopic (exact) mass is 933 g/mol. The minimum atomic E-state index is 0.737. The zero-order valence-electron chi connectivity index (χ0n) is 39.5. The van der Waals surface area contributed by atoms with Crippen LogP contribution >= 0.6 is 0 Å². The normalized spacial score (nSPS) is 11.6. The van der Waals surface area contributed by atoms with Crippen LogP contribution in [0, 0.1) is 0 Å². The van der Waals surface area contributed by atoms with E-state index in [9.17, 15) is 0 Å². The lowest BCUT2D eigenvalue weighted by Gasteiger charge is -2.14. The second kappa shape index (κ2) is 17.5. The molecule has 14 aromatic rings. The van der Waals surface area contributed by atoms with Crippen LogP contribution in [-0.4, -0.2) is 33.9 Å². The molecular weight excluding hydrogens is 891 g/mol. The van der Waals surface area contributed by atoms with Gasteiger partial charge in [-0.15, -0.1) is 10.2 Å². The topological polar surface area (TPSA) is 66.3 Å². The third-order valence-electron chi connectivity index (χ3n) is 14.0. The van der Waals surface area contributed by atoms with Crippen LogP contribution in [0.25, 0.3) is 128 Å². The molecule has 0 saturated heterocycles. The van der Waals surface area contributed by atoms with E-state index in [1.165, 1.54) is 0 Å². The van der Waals surface area contributed by atoms with Crippen molar-refractivity contribution >= 4 is 43.6 Å². The summed E-state index contributed by atoms with van der Waals surface area (Å²) in [4.78, 5) is 10.8. The van der Waals surface area contributed by atoms with Gasteiger partial charge < -0.3 is 0 Å². The van der Waals surface area contributed by atoms with Crippen molar-refractivity contribution < 1.29 is 0 Å². The van der Waals surface area contributed by atoms with Crippen LogP contribution in [0.2, 0.25) is 0 Å². The van der Waals surface area contributed by atoms with Gasteiger partial charge in [-0.1, -0.05) is 188 Å². The van der Waals surface area contributed by atoms with Crippen molar-refractivity contribution in [3.63, 3.8) is 0 Å². The number of hydrogen-bond donors (Lipinski definition) is 0. The summed E-state index contributed by atoms with van der Waals surface area (Å²) in [6.45, 7) is 0. The molecule has 0 amide bonds. The van der Waals surface area contributed by atoms with Gasteiger partial charge in [0.05, 0.1) is 33.5 Å². The average molecular weight is 934 g/mol. The Morgan fingerprint density at radius 1 is 0.260 bits per heavy atom. The second-order valence-electron chi connectivity index (χ2n) is 18.3. The molecule has 0 saturated carbocycles. The summed E-state index contributed by atoms with van der Waals surface area (Å²) in [5.74, 6) is 3.16. The van der Waals surface area contributed by atoms with Crippen LogP contribution < -0.4 is 0 Å². The number of nitrogens with zero attached hydrogens (tertiary/aromatic N) is 7. The van der Waals surface area contributed by atoms with Gasteiger partial charge in [-0.05, 0) is 95.1 Å². The number of para-hydroxylation sites is 3. The van der Waals surface area contributed by atoms with E-state index in [2.05, 4.69) is 256 Å². The van der Waals surface area contributed by atoms with Gasteiger partial charge in [0.2, 0.25) is 0 Å². The summed E-state index contributed by atoms with van der Waals surface area (Å²) in [5.41, 5.74) is 15.4. The number of aromatic nitrogens is 7. The van der Waals surface area contributed by atoms with Gasteiger partial charge in [0.25, 0.3) is 0 Å². The Kier molecular flexibility index (Phi) is 10.0. The average Bonchev–Trinajstić information content (AvgIpc) is 4.18. The SMILES string of the molecule is c1ccc(-c2cc(-c3ccccc3)nc(-n3c4ccccc4c4cc(-c5nnc(-c6cccc7c6c6ccccc6n7-c6cc(-c7ccccc7)cc(-c7ccccc7)n6)n5-c5ccccc5)ccc43)c2)cc1. The Bertz CT molecular complexity index is 4230.